The number of amides is 1. The lowest BCUT2D eigenvalue weighted by Gasteiger charge is -2.38. The molecule has 5 rings (SSSR count). The van der Waals surface area contributed by atoms with Crippen molar-refractivity contribution in [2.24, 2.45) is 5.92 Å². The topological polar surface area (TPSA) is 50.4 Å². The molecule has 2 aliphatic rings. The Hall–Kier alpha value is -3.11. The molecule has 1 atom stereocenters. The van der Waals surface area contributed by atoms with Gasteiger partial charge in [-0.05, 0) is 60.2 Å². The number of hydrogen-bond acceptors (Lipinski definition) is 3. The van der Waals surface area contributed by atoms with Crippen molar-refractivity contribution in [3.8, 4) is 5.75 Å². The molecule has 0 unspecified atom stereocenters. The molecule has 3 aromatic carbocycles. The molecule has 2 N–H and O–H groups in total. The molecule has 4 heteroatoms. The third-order valence-corrected chi connectivity index (χ3v) is 6.94. The van der Waals surface area contributed by atoms with Crippen LogP contribution < -0.4 is 15.4 Å². The van der Waals surface area contributed by atoms with Crippen molar-refractivity contribution in [2.45, 2.75) is 24.7 Å². The average molecular weight is 427 g/mol. The van der Waals surface area contributed by atoms with Crippen molar-refractivity contribution in [1.82, 2.24) is 10.6 Å². The predicted octanol–water partition coefficient (Wildman–Crippen LogP) is 3.88. The van der Waals surface area contributed by atoms with Crippen LogP contribution in [0, 0.1) is 5.92 Å². The summed E-state index contributed by atoms with van der Waals surface area (Å²) in [7, 11) is 0. The Balaban J connectivity index is 1.44. The molecule has 0 spiro atoms. The Morgan fingerprint density at radius 1 is 1.00 bits per heavy atom. The second kappa shape index (κ2) is 9.17. The summed E-state index contributed by atoms with van der Waals surface area (Å²) < 4.78 is 5.62. The van der Waals surface area contributed by atoms with E-state index < -0.39 is 5.41 Å². The first-order valence-electron chi connectivity index (χ1n) is 11.6. The van der Waals surface area contributed by atoms with Crippen molar-refractivity contribution in [2.75, 3.05) is 26.2 Å². The molecule has 32 heavy (non-hydrogen) atoms. The minimum atomic E-state index is -0.711. The molecule has 4 nitrogen and oxygen atoms in total. The third-order valence-electron chi connectivity index (χ3n) is 6.94. The zero-order valence-corrected chi connectivity index (χ0v) is 18.3. The summed E-state index contributed by atoms with van der Waals surface area (Å²) in [5.41, 5.74) is 3.92. The van der Waals surface area contributed by atoms with Gasteiger partial charge in [0.25, 0.3) is 0 Å². The highest BCUT2D eigenvalue weighted by molar-refractivity contribution is 5.92. The molecular weight excluding hydrogens is 396 g/mol. The minimum Gasteiger partial charge on any atom is -0.493 e. The van der Waals surface area contributed by atoms with Crippen molar-refractivity contribution in [1.29, 1.82) is 0 Å². The summed E-state index contributed by atoms with van der Waals surface area (Å²) in [5.74, 6) is 1.29. The van der Waals surface area contributed by atoms with Gasteiger partial charge in [-0.25, -0.2) is 0 Å². The standard InChI is InChI=1S/C28H30N2O2/c31-27(30-17-13-21-11-12-26-22(19-21)15-18-32-26)28(25-14-16-29-20-25,23-7-3-1-4-8-23)24-9-5-2-6-10-24/h1-12,19,25,29H,13-18,20H2,(H,30,31)/t25-/m1/s1. The van der Waals surface area contributed by atoms with Gasteiger partial charge in [0.15, 0.2) is 0 Å². The number of benzene rings is 3. The number of rotatable bonds is 7. The maximum Gasteiger partial charge on any atom is 0.235 e. The van der Waals surface area contributed by atoms with E-state index in [1.54, 1.807) is 0 Å². The fourth-order valence-electron chi connectivity index (χ4n) is 5.37. The highest BCUT2D eigenvalue weighted by atomic mass is 16.5. The Morgan fingerprint density at radius 2 is 1.72 bits per heavy atom. The van der Waals surface area contributed by atoms with E-state index in [2.05, 4.69) is 53.1 Å². The van der Waals surface area contributed by atoms with E-state index in [0.717, 1.165) is 55.8 Å². The van der Waals surface area contributed by atoms with Gasteiger partial charge in [0, 0.05) is 13.0 Å². The summed E-state index contributed by atoms with van der Waals surface area (Å²) in [6.07, 6.45) is 2.75. The quantitative estimate of drug-likeness (QED) is 0.603. The van der Waals surface area contributed by atoms with Crippen LogP contribution in [0.25, 0.3) is 0 Å². The molecule has 0 bridgehead atoms. The van der Waals surface area contributed by atoms with E-state index >= 15 is 0 Å². The second-order valence-corrected chi connectivity index (χ2v) is 8.78. The minimum absolute atomic E-state index is 0.0908. The van der Waals surface area contributed by atoms with Gasteiger partial charge < -0.3 is 15.4 Å². The van der Waals surface area contributed by atoms with Crippen LogP contribution in [0.5, 0.6) is 5.75 Å². The first-order chi connectivity index (χ1) is 15.8. The van der Waals surface area contributed by atoms with Gasteiger partial charge >= 0.3 is 0 Å². The SMILES string of the molecule is O=C(NCCc1ccc2c(c1)CCO2)C(c1ccccc1)(c1ccccc1)[C@@H]1CCNC1. The molecule has 0 saturated carbocycles. The maximum atomic E-state index is 14.1. The molecule has 1 fully saturated rings. The van der Waals surface area contributed by atoms with E-state index in [1.807, 2.05) is 36.4 Å². The van der Waals surface area contributed by atoms with E-state index in [9.17, 15) is 4.79 Å². The number of nitrogens with one attached hydrogen (secondary N) is 2. The molecule has 0 aromatic heterocycles. The van der Waals surface area contributed by atoms with E-state index in [4.69, 9.17) is 4.74 Å². The molecule has 2 aliphatic heterocycles. The van der Waals surface area contributed by atoms with E-state index in [1.165, 1.54) is 11.1 Å². The fraction of sp³-hybridized carbons (Fsp3) is 0.321. The Labute approximate surface area is 190 Å². The Kier molecular flexibility index (Phi) is 5.95. The third kappa shape index (κ3) is 3.80. The number of hydrogen-bond donors (Lipinski definition) is 2. The van der Waals surface area contributed by atoms with Gasteiger partial charge in [-0.2, -0.15) is 0 Å². The number of fused-ring (bicyclic) bond motifs is 1. The van der Waals surface area contributed by atoms with Crippen LogP contribution in [0.3, 0.4) is 0 Å². The highest BCUT2D eigenvalue weighted by Gasteiger charge is 2.49. The fourth-order valence-corrected chi connectivity index (χ4v) is 5.37. The van der Waals surface area contributed by atoms with Gasteiger partial charge in [-0.15, -0.1) is 0 Å². The van der Waals surface area contributed by atoms with Crippen LogP contribution in [0.1, 0.15) is 28.7 Å². The molecule has 0 radical (unpaired) electrons. The highest BCUT2D eigenvalue weighted by Crippen LogP contribution is 2.42. The molecule has 3 aromatic rings. The van der Waals surface area contributed by atoms with Gasteiger partial charge in [0.05, 0.1) is 6.61 Å². The first kappa shape index (κ1) is 20.8. The number of carbonyl (C=O) groups excluding carboxylic acids is 1. The monoisotopic (exact) mass is 426 g/mol. The zero-order valence-electron chi connectivity index (χ0n) is 18.3. The smallest absolute Gasteiger partial charge is 0.235 e. The molecular formula is C28H30N2O2. The van der Waals surface area contributed by atoms with E-state index in [-0.39, 0.29) is 11.8 Å². The Bertz CT molecular complexity index is 1020. The van der Waals surface area contributed by atoms with Gasteiger partial charge in [0.2, 0.25) is 5.91 Å². The predicted molar refractivity (Wildman–Crippen MR) is 127 cm³/mol. The second-order valence-electron chi connectivity index (χ2n) is 8.78. The molecule has 2 heterocycles. The van der Waals surface area contributed by atoms with E-state index in [0.29, 0.717) is 6.54 Å². The van der Waals surface area contributed by atoms with Gasteiger partial charge in [0.1, 0.15) is 11.2 Å². The molecule has 1 amide bonds. The normalized spacial score (nSPS) is 17.6. The number of carbonyl (C=O) groups is 1. The summed E-state index contributed by atoms with van der Waals surface area (Å²) in [6.45, 7) is 3.15. The summed E-state index contributed by atoms with van der Waals surface area (Å²) in [4.78, 5) is 14.1. The lowest BCUT2D eigenvalue weighted by Crippen LogP contribution is -2.51. The van der Waals surface area contributed by atoms with Gasteiger partial charge in [-0.3, -0.25) is 4.79 Å². The van der Waals surface area contributed by atoms with Crippen LogP contribution in [0.2, 0.25) is 0 Å². The largest absolute Gasteiger partial charge is 0.493 e. The first-order valence-corrected chi connectivity index (χ1v) is 11.6. The molecule has 164 valence electrons. The van der Waals surface area contributed by atoms with Crippen molar-refractivity contribution in [3.63, 3.8) is 0 Å². The lowest BCUT2D eigenvalue weighted by atomic mass is 9.64. The van der Waals surface area contributed by atoms with Crippen LogP contribution in [0.4, 0.5) is 0 Å². The van der Waals surface area contributed by atoms with Crippen LogP contribution in [-0.4, -0.2) is 32.1 Å². The van der Waals surface area contributed by atoms with Crippen LogP contribution in [-0.2, 0) is 23.1 Å². The van der Waals surface area contributed by atoms with Crippen molar-refractivity contribution >= 4 is 5.91 Å². The summed E-state index contributed by atoms with van der Waals surface area (Å²) in [6, 6.07) is 27.0. The maximum absolute atomic E-state index is 14.1. The number of ether oxygens (including phenoxy) is 1. The summed E-state index contributed by atoms with van der Waals surface area (Å²) in [5, 5.41) is 6.80. The van der Waals surface area contributed by atoms with Crippen molar-refractivity contribution < 1.29 is 9.53 Å². The summed E-state index contributed by atoms with van der Waals surface area (Å²) >= 11 is 0. The average Bonchev–Trinajstić information content (AvgIpc) is 3.53. The van der Waals surface area contributed by atoms with Crippen LogP contribution in [0.15, 0.2) is 78.9 Å². The van der Waals surface area contributed by atoms with Gasteiger partial charge in [-0.1, -0.05) is 72.8 Å². The molecule has 0 aliphatic carbocycles. The Morgan fingerprint density at radius 3 is 2.38 bits per heavy atom. The zero-order chi connectivity index (χ0) is 21.8. The molecule has 1 saturated heterocycles. The van der Waals surface area contributed by atoms with Crippen molar-refractivity contribution in [3.05, 3.63) is 101 Å². The lowest BCUT2D eigenvalue weighted by molar-refractivity contribution is -0.127. The van der Waals surface area contributed by atoms with Crippen LogP contribution >= 0.6 is 0 Å².